The minimum atomic E-state index is -0.496. The van der Waals surface area contributed by atoms with E-state index in [4.69, 9.17) is 0 Å². The van der Waals surface area contributed by atoms with Crippen molar-refractivity contribution in [1.82, 2.24) is 9.78 Å². The number of rotatable bonds is 5. The van der Waals surface area contributed by atoms with Crippen LogP contribution in [0, 0.1) is 6.92 Å². The average Bonchev–Trinajstić information content (AvgIpc) is 2.74. The van der Waals surface area contributed by atoms with Crippen LogP contribution in [0.4, 0.5) is 0 Å². The summed E-state index contributed by atoms with van der Waals surface area (Å²) < 4.78 is 2.96. The van der Waals surface area contributed by atoms with E-state index in [0.717, 1.165) is 34.4 Å². The van der Waals surface area contributed by atoms with Crippen LogP contribution in [0.5, 0.6) is 0 Å². The highest BCUT2D eigenvalue weighted by Gasteiger charge is 2.18. The Morgan fingerprint density at radius 2 is 2.00 bits per heavy atom. The summed E-state index contributed by atoms with van der Waals surface area (Å²) in [7, 11) is 0. The number of aryl methyl sites for hydroxylation is 3. The molecule has 3 nitrogen and oxygen atoms in total. The predicted molar refractivity (Wildman–Crippen MR) is 84.8 cm³/mol. The summed E-state index contributed by atoms with van der Waals surface area (Å²) in [5, 5.41) is 15.1. The zero-order chi connectivity index (χ0) is 14.7. The van der Waals surface area contributed by atoms with Gasteiger partial charge in [0.2, 0.25) is 0 Å². The molecular weight excluding hydrogens is 316 g/mol. The zero-order valence-corrected chi connectivity index (χ0v) is 13.8. The Bertz CT molecular complexity index is 592. The van der Waals surface area contributed by atoms with Crippen LogP contribution >= 0.6 is 15.9 Å². The van der Waals surface area contributed by atoms with E-state index < -0.39 is 6.10 Å². The molecular formula is C16H21BrN2O. The van der Waals surface area contributed by atoms with E-state index in [-0.39, 0.29) is 0 Å². The van der Waals surface area contributed by atoms with E-state index in [9.17, 15) is 5.11 Å². The lowest BCUT2D eigenvalue weighted by Gasteiger charge is -2.16. The quantitative estimate of drug-likeness (QED) is 0.901. The number of hydrogen-bond donors (Lipinski definition) is 1. The molecule has 2 rings (SSSR count). The monoisotopic (exact) mass is 336 g/mol. The maximum Gasteiger partial charge on any atom is 0.0848 e. The maximum atomic E-state index is 10.6. The predicted octanol–water partition coefficient (Wildman–Crippen LogP) is 3.81. The van der Waals surface area contributed by atoms with Gasteiger partial charge in [0.25, 0.3) is 0 Å². The molecule has 1 atom stereocenters. The Morgan fingerprint density at radius 3 is 2.65 bits per heavy atom. The van der Waals surface area contributed by atoms with Crippen molar-refractivity contribution in [2.75, 3.05) is 0 Å². The summed E-state index contributed by atoms with van der Waals surface area (Å²) in [4.78, 5) is 0. The zero-order valence-electron chi connectivity index (χ0n) is 12.2. The third-order valence-electron chi connectivity index (χ3n) is 3.63. The minimum absolute atomic E-state index is 0.496. The van der Waals surface area contributed by atoms with Crippen molar-refractivity contribution in [1.29, 1.82) is 0 Å². The van der Waals surface area contributed by atoms with Crippen molar-refractivity contribution in [3.05, 3.63) is 51.3 Å². The summed E-state index contributed by atoms with van der Waals surface area (Å²) >= 11 is 3.58. The number of aliphatic hydroxyl groups excluding tert-OH is 1. The van der Waals surface area contributed by atoms with Crippen LogP contribution in [0.15, 0.2) is 28.7 Å². The SMILES string of the molecule is CCc1ccccc1C(O)Cc1c(Br)c(C)nn1CC. The van der Waals surface area contributed by atoms with Crippen molar-refractivity contribution in [2.45, 2.75) is 46.3 Å². The van der Waals surface area contributed by atoms with Crippen LogP contribution in [0.3, 0.4) is 0 Å². The van der Waals surface area contributed by atoms with Gasteiger partial charge in [0, 0.05) is 13.0 Å². The Kier molecular flexibility index (Phi) is 5.00. The van der Waals surface area contributed by atoms with Crippen molar-refractivity contribution in [2.24, 2.45) is 0 Å². The van der Waals surface area contributed by atoms with Gasteiger partial charge in [-0.05, 0) is 47.3 Å². The van der Waals surface area contributed by atoms with Crippen LogP contribution in [0.25, 0.3) is 0 Å². The van der Waals surface area contributed by atoms with Crippen LogP contribution < -0.4 is 0 Å². The highest BCUT2D eigenvalue weighted by atomic mass is 79.9. The van der Waals surface area contributed by atoms with Gasteiger partial charge in [-0.25, -0.2) is 0 Å². The van der Waals surface area contributed by atoms with E-state index in [2.05, 4.69) is 40.9 Å². The fourth-order valence-electron chi connectivity index (χ4n) is 2.54. The Balaban J connectivity index is 2.30. The van der Waals surface area contributed by atoms with Gasteiger partial charge in [0.1, 0.15) is 0 Å². The molecule has 0 bridgehead atoms. The van der Waals surface area contributed by atoms with E-state index in [1.165, 1.54) is 5.56 Å². The van der Waals surface area contributed by atoms with Gasteiger partial charge in [-0.15, -0.1) is 0 Å². The molecule has 0 aliphatic carbocycles. The minimum Gasteiger partial charge on any atom is -0.388 e. The second kappa shape index (κ2) is 6.55. The third kappa shape index (κ3) is 2.96. The van der Waals surface area contributed by atoms with Gasteiger partial charge < -0.3 is 5.11 Å². The van der Waals surface area contributed by atoms with Crippen molar-refractivity contribution in [3.8, 4) is 0 Å². The Morgan fingerprint density at radius 1 is 1.30 bits per heavy atom. The fraction of sp³-hybridized carbons (Fsp3) is 0.438. The lowest BCUT2D eigenvalue weighted by Crippen LogP contribution is -2.10. The number of nitrogens with zero attached hydrogens (tertiary/aromatic N) is 2. The molecule has 0 aliphatic heterocycles. The molecule has 108 valence electrons. The molecule has 4 heteroatoms. The van der Waals surface area contributed by atoms with Crippen molar-refractivity contribution in [3.63, 3.8) is 0 Å². The van der Waals surface area contributed by atoms with Gasteiger partial charge in [0.05, 0.1) is 22.0 Å². The van der Waals surface area contributed by atoms with Crippen LogP contribution in [-0.4, -0.2) is 14.9 Å². The standard InChI is InChI=1S/C16H21BrN2O/c1-4-12-8-6-7-9-13(12)15(20)10-14-16(17)11(3)18-19(14)5-2/h6-9,15,20H,4-5,10H2,1-3H3. The van der Waals surface area contributed by atoms with Crippen molar-refractivity contribution >= 4 is 15.9 Å². The Labute approximate surface area is 128 Å². The van der Waals surface area contributed by atoms with Crippen molar-refractivity contribution < 1.29 is 5.11 Å². The summed E-state index contributed by atoms with van der Waals surface area (Å²) in [5.41, 5.74) is 4.25. The second-order valence-corrected chi connectivity index (χ2v) is 5.73. The van der Waals surface area contributed by atoms with E-state index in [0.29, 0.717) is 6.42 Å². The maximum absolute atomic E-state index is 10.6. The van der Waals surface area contributed by atoms with Crippen LogP contribution in [0.1, 0.15) is 42.5 Å². The van der Waals surface area contributed by atoms with E-state index in [1.54, 1.807) is 0 Å². The molecule has 1 aromatic heterocycles. The molecule has 0 saturated carbocycles. The first-order chi connectivity index (χ1) is 9.58. The second-order valence-electron chi connectivity index (χ2n) is 4.93. The highest BCUT2D eigenvalue weighted by Crippen LogP contribution is 2.28. The Hall–Kier alpha value is -1.13. The summed E-state index contributed by atoms with van der Waals surface area (Å²) in [5.74, 6) is 0. The fourth-order valence-corrected chi connectivity index (χ4v) is 2.98. The number of aliphatic hydroxyl groups is 1. The van der Waals surface area contributed by atoms with E-state index >= 15 is 0 Å². The van der Waals surface area contributed by atoms with Crippen LogP contribution in [0.2, 0.25) is 0 Å². The number of benzene rings is 1. The third-order valence-corrected chi connectivity index (χ3v) is 4.67. The van der Waals surface area contributed by atoms with Gasteiger partial charge >= 0.3 is 0 Å². The molecule has 0 amide bonds. The smallest absolute Gasteiger partial charge is 0.0848 e. The summed E-state index contributed by atoms with van der Waals surface area (Å²) in [6, 6.07) is 8.09. The molecule has 1 heterocycles. The van der Waals surface area contributed by atoms with Gasteiger partial charge in [-0.3, -0.25) is 4.68 Å². The van der Waals surface area contributed by atoms with Crippen LogP contribution in [-0.2, 0) is 19.4 Å². The topological polar surface area (TPSA) is 38.1 Å². The molecule has 2 aromatic rings. The molecule has 0 radical (unpaired) electrons. The molecule has 0 saturated heterocycles. The molecule has 0 fully saturated rings. The molecule has 0 spiro atoms. The largest absolute Gasteiger partial charge is 0.388 e. The summed E-state index contributed by atoms with van der Waals surface area (Å²) in [6.07, 6.45) is 1.01. The van der Waals surface area contributed by atoms with Gasteiger partial charge in [-0.2, -0.15) is 5.10 Å². The number of hydrogen-bond acceptors (Lipinski definition) is 2. The lowest BCUT2D eigenvalue weighted by molar-refractivity contribution is 0.174. The molecule has 0 aliphatic rings. The first-order valence-electron chi connectivity index (χ1n) is 7.06. The molecule has 1 N–H and O–H groups in total. The molecule has 1 unspecified atom stereocenters. The molecule has 1 aromatic carbocycles. The van der Waals surface area contributed by atoms with E-state index in [1.807, 2.05) is 29.8 Å². The van der Waals surface area contributed by atoms with Gasteiger partial charge in [0.15, 0.2) is 0 Å². The normalized spacial score (nSPS) is 12.7. The number of aromatic nitrogens is 2. The average molecular weight is 337 g/mol. The van der Waals surface area contributed by atoms with Gasteiger partial charge in [-0.1, -0.05) is 31.2 Å². The molecule has 20 heavy (non-hydrogen) atoms. The first-order valence-corrected chi connectivity index (χ1v) is 7.85. The highest BCUT2D eigenvalue weighted by molar-refractivity contribution is 9.10. The first kappa shape index (κ1) is 15.3. The lowest BCUT2D eigenvalue weighted by atomic mass is 9.97. The summed E-state index contributed by atoms with van der Waals surface area (Å²) in [6.45, 7) is 6.96. The number of halogens is 1.